The summed E-state index contributed by atoms with van der Waals surface area (Å²) in [5, 5.41) is 0. The van der Waals surface area contributed by atoms with Crippen LogP contribution in [0.3, 0.4) is 0 Å². The maximum Gasteiger partial charge on any atom is 0.336 e. The normalized spacial score (nSPS) is 16.3. The van der Waals surface area contributed by atoms with E-state index in [4.69, 9.17) is 4.74 Å². The molecule has 24 heavy (non-hydrogen) atoms. The average Bonchev–Trinajstić information content (AvgIpc) is 3.38. The lowest BCUT2D eigenvalue weighted by molar-refractivity contribution is 0.375. The minimum Gasteiger partial charge on any atom is -0.373 e. The highest BCUT2D eigenvalue weighted by Gasteiger charge is 2.22. The first-order chi connectivity index (χ1) is 11.6. The third kappa shape index (κ3) is 4.56. The van der Waals surface area contributed by atoms with Gasteiger partial charge in [0.1, 0.15) is 0 Å². The lowest BCUT2D eigenvalue weighted by atomic mass is 10.2. The standard InChI is InChI=1S/C17H27N3O4/c1-3-5-7-11-19-15(21)18(10-6-4-2)16(22)20(17(19)23)12-8-9-14-13-24-14/h3,14H,1,4-13H2,2H3. The van der Waals surface area contributed by atoms with E-state index in [9.17, 15) is 14.4 Å². The molecule has 0 aromatic carbocycles. The lowest BCUT2D eigenvalue weighted by Crippen LogP contribution is -2.54. The van der Waals surface area contributed by atoms with Crippen molar-refractivity contribution in [1.29, 1.82) is 0 Å². The Bertz CT molecular complexity index is 725. The number of allylic oxidation sites excluding steroid dienone is 1. The predicted octanol–water partition coefficient (Wildman–Crippen LogP) is 1.12. The van der Waals surface area contributed by atoms with E-state index in [-0.39, 0.29) is 6.10 Å². The molecule has 0 radical (unpaired) electrons. The largest absolute Gasteiger partial charge is 0.373 e. The fraction of sp³-hybridized carbons (Fsp3) is 0.706. The highest BCUT2D eigenvalue weighted by Crippen LogP contribution is 2.15. The molecular weight excluding hydrogens is 310 g/mol. The zero-order chi connectivity index (χ0) is 17.5. The molecule has 0 N–H and O–H groups in total. The molecule has 1 aliphatic rings. The topological polar surface area (TPSA) is 78.5 Å². The van der Waals surface area contributed by atoms with E-state index >= 15 is 0 Å². The number of epoxide rings is 1. The van der Waals surface area contributed by atoms with Gasteiger partial charge in [-0.05, 0) is 32.1 Å². The van der Waals surface area contributed by atoms with Crippen LogP contribution in [0.1, 0.15) is 45.4 Å². The lowest BCUT2D eigenvalue weighted by Gasteiger charge is -2.13. The molecule has 0 bridgehead atoms. The summed E-state index contributed by atoms with van der Waals surface area (Å²) in [6.07, 6.45) is 6.53. The van der Waals surface area contributed by atoms with E-state index < -0.39 is 17.1 Å². The van der Waals surface area contributed by atoms with Crippen LogP contribution in [-0.4, -0.2) is 26.4 Å². The highest BCUT2D eigenvalue weighted by molar-refractivity contribution is 4.80. The van der Waals surface area contributed by atoms with Crippen molar-refractivity contribution >= 4 is 0 Å². The fourth-order valence-electron chi connectivity index (χ4n) is 2.68. The van der Waals surface area contributed by atoms with E-state index in [2.05, 4.69) is 6.58 Å². The van der Waals surface area contributed by atoms with Crippen LogP contribution in [0.25, 0.3) is 0 Å². The van der Waals surface area contributed by atoms with E-state index in [0.717, 1.165) is 32.3 Å². The Morgan fingerprint density at radius 1 is 1.00 bits per heavy atom. The third-order valence-corrected chi connectivity index (χ3v) is 4.22. The van der Waals surface area contributed by atoms with Gasteiger partial charge in [-0.15, -0.1) is 6.58 Å². The molecule has 0 saturated carbocycles. The van der Waals surface area contributed by atoms with Gasteiger partial charge < -0.3 is 4.74 Å². The second kappa shape index (κ2) is 8.82. The maximum atomic E-state index is 12.6. The van der Waals surface area contributed by atoms with Crippen LogP contribution in [0.15, 0.2) is 27.0 Å². The zero-order valence-corrected chi connectivity index (χ0v) is 14.4. The maximum absolute atomic E-state index is 12.6. The first kappa shape index (κ1) is 18.4. The second-order valence-electron chi connectivity index (χ2n) is 6.18. The zero-order valence-electron chi connectivity index (χ0n) is 14.4. The van der Waals surface area contributed by atoms with Gasteiger partial charge in [0.2, 0.25) is 0 Å². The molecule has 134 valence electrons. The van der Waals surface area contributed by atoms with Crippen molar-refractivity contribution < 1.29 is 4.74 Å². The molecular formula is C17H27N3O4. The number of ether oxygens (including phenoxy) is 1. The molecule has 7 nitrogen and oxygen atoms in total. The summed E-state index contributed by atoms with van der Waals surface area (Å²) in [7, 11) is 0. The molecule has 7 heteroatoms. The van der Waals surface area contributed by atoms with Gasteiger partial charge >= 0.3 is 17.1 Å². The minimum absolute atomic E-state index is 0.265. The van der Waals surface area contributed by atoms with Crippen LogP contribution in [-0.2, 0) is 24.4 Å². The van der Waals surface area contributed by atoms with Crippen molar-refractivity contribution in [3.05, 3.63) is 44.1 Å². The van der Waals surface area contributed by atoms with Gasteiger partial charge in [0.05, 0.1) is 12.7 Å². The summed E-state index contributed by atoms with van der Waals surface area (Å²) in [5.74, 6) is 0. The molecule has 2 rings (SSSR count). The smallest absolute Gasteiger partial charge is 0.336 e. The molecule has 1 aromatic rings. The van der Waals surface area contributed by atoms with E-state index in [1.807, 2.05) is 6.92 Å². The van der Waals surface area contributed by atoms with Crippen molar-refractivity contribution in [2.75, 3.05) is 6.61 Å². The highest BCUT2D eigenvalue weighted by atomic mass is 16.6. The molecule has 1 unspecified atom stereocenters. The predicted molar refractivity (Wildman–Crippen MR) is 92.5 cm³/mol. The Hall–Kier alpha value is -1.89. The third-order valence-electron chi connectivity index (χ3n) is 4.22. The molecule has 1 aliphatic heterocycles. The average molecular weight is 337 g/mol. The number of unbranched alkanes of at least 4 members (excludes halogenated alkanes) is 2. The molecule has 0 spiro atoms. The summed E-state index contributed by atoms with van der Waals surface area (Å²) in [6.45, 7) is 7.39. The summed E-state index contributed by atoms with van der Waals surface area (Å²) in [4.78, 5) is 37.7. The van der Waals surface area contributed by atoms with Crippen LogP contribution < -0.4 is 17.1 Å². The first-order valence-corrected chi connectivity index (χ1v) is 8.77. The minimum atomic E-state index is -0.501. The summed E-state index contributed by atoms with van der Waals surface area (Å²) in [5.41, 5.74) is -1.49. The molecule has 1 atom stereocenters. The van der Waals surface area contributed by atoms with Crippen LogP contribution in [0, 0.1) is 0 Å². The Morgan fingerprint density at radius 2 is 1.50 bits per heavy atom. The van der Waals surface area contributed by atoms with Crippen molar-refractivity contribution in [1.82, 2.24) is 13.7 Å². The van der Waals surface area contributed by atoms with Crippen molar-refractivity contribution in [2.24, 2.45) is 0 Å². The Kier molecular flexibility index (Phi) is 6.78. The number of hydrogen-bond acceptors (Lipinski definition) is 4. The number of rotatable bonds is 11. The van der Waals surface area contributed by atoms with Gasteiger partial charge in [0, 0.05) is 19.6 Å². The van der Waals surface area contributed by atoms with Gasteiger partial charge in [-0.25, -0.2) is 28.1 Å². The van der Waals surface area contributed by atoms with E-state index in [1.165, 1.54) is 13.7 Å². The number of nitrogens with zero attached hydrogens (tertiary/aromatic N) is 3. The number of aromatic nitrogens is 3. The molecule has 1 aromatic heterocycles. The van der Waals surface area contributed by atoms with Crippen LogP contribution in [0.4, 0.5) is 0 Å². The molecule has 1 saturated heterocycles. The Labute approximate surface area is 141 Å². The summed E-state index contributed by atoms with van der Waals surface area (Å²) >= 11 is 0. The van der Waals surface area contributed by atoms with Crippen molar-refractivity contribution in [3.8, 4) is 0 Å². The van der Waals surface area contributed by atoms with Gasteiger partial charge in [0.15, 0.2) is 0 Å². The molecule has 0 amide bonds. The van der Waals surface area contributed by atoms with Crippen LogP contribution in [0.5, 0.6) is 0 Å². The summed E-state index contributed by atoms with van der Waals surface area (Å²) < 4.78 is 8.75. The molecule has 0 aliphatic carbocycles. The molecule has 2 heterocycles. The van der Waals surface area contributed by atoms with Crippen LogP contribution in [0.2, 0.25) is 0 Å². The number of hydrogen-bond donors (Lipinski definition) is 0. The second-order valence-corrected chi connectivity index (χ2v) is 6.18. The van der Waals surface area contributed by atoms with Crippen molar-refractivity contribution in [2.45, 2.75) is 71.2 Å². The van der Waals surface area contributed by atoms with Crippen LogP contribution >= 0.6 is 0 Å². The Balaban J connectivity index is 2.32. The fourth-order valence-corrected chi connectivity index (χ4v) is 2.68. The van der Waals surface area contributed by atoms with Gasteiger partial charge in [-0.1, -0.05) is 19.4 Å². The van der Waals surface area contributed by atoms with Crippen molar-refractivity contribution in [3.63, 3.8) is 0 Å². The van der Waals surface area contributed by atoms with E-state index in [1.54, 1.807) is 6.08 Å². The quantitative estimate of drug-likeness (QED) is 0.344. The molecule has 1 fully saturated rings. The first-order valence-electron chi connectivity index (χ1n) is 8.77. The van der Waals surface area contributed by atoms with E-state index in [0.29, 0.717) is 32.5 Å². The van der Waals surface area contributed by atoms with Gasteiger partial charge in [0.25, 0.3) is 0 Å². The van der Waals surface area contributed by atoms with Gasteiger partial charge in [-0.2, -0.15) is 0 Å². The SMILES string of the molecule is C=CCCCn1c(=O)n(CCCC)c(=O)n(CCCC2CO2)c1=O. The van der Waals surface area contributed by atoms with Gasteiger partial charge in [-0.3, -0.25) is 0 Å². The monoisotopic (exact) mass is 337 g/mol. The Morgan fingerprint density at radius 3 is 1.96 bits per heavy atom. The summed E-state index contributed by atoms with van der Waals surface area (Å²) in [6, 6.07) is 0.